The molecule has 6 heteroatoms. The fourth-order valence-electron chi connectivity index (χ4n) is 1.75. The number of hydrogen-bond donors (Lipinski definition) is 1. The number of morpholine rings is 1. The summed E-state index contributed by atoms with van der Waals surface area (Å²) in [7, 11) is 0. The molecule has 0 aromatic carbocycles. The van der Waals surface area contributed by atoms with Crippen LogP contribution in [0.3, 0.4) is 0 Å². The van der Waals surface area contributed by atoms with Crippen LogP contribution in [0.2, 0.25) is 0 Å². The molecule has 0 unspecified atom stereocenters. The van der Waals surface area contributed by atoms with Crippen molar-refractivity contribution >= 4 is 0 Å². The van der Waals surface area contributed by atoms with Crippen molar-refractivity contribution < 1.29 is 4.74 Å². The van der Waals surface area contributed by atoms with E-state index in [2.05, 4.69) is 15.0 Å². The first-order valence-electron chi connectivity index (χ1n) is 5.77. The molecule has 0 spiro atoms. The Hall–Kier alpha value is -0.980. The fourth-order valence-corrected chi connectivity index (χ4v) is 1.75. The van der Waals surface area contributed by atoms with Crippen LogP contribution in [-0.4, -0.2) is 59.1 Å². The predicted octanol–water partition coefficient (Wildman–Crippen LogP) is -0.888. The Labute approximate surface area is 95.4 Å². The van der Waals surface area contributed by atoms with Gasteiger partial charge < -0.3 is 10.5 Å². The van der Waals surface area contributed by atoms with Crippen molar-refractivity contribution in [3.8, 4) is 0 Å². The number of nitrogens with zero attached hydrogens (tertiary/aromatic N) is 4. The molecular weight excluding hydrogens is 206 g/mol. The lowest BCUT2D eigenvalue weighted by molar-refractivity contribution is 0.0359. The average Bonchev–Trinajstić information content (AvgIpc) is 2.76. The highest BCUT2D eigenvalue weighted by molar-refractivity contribution is 4.82. The topological polar surface area (TPSA) is 69.2 Å². The number of hydrogen-bond acceptors (Lipinski definition) is 5. The van der Waals surface area contributed by atoms with Crippen molar-refractivity contribution in [2.24, 2.45) is 5.73 Å². The van der Waals surface area contributed by atoms with Crippen LogP contribution in [0.1, 0.15) is 5.82 Å². The summed E-state index contributed by atoms with van der Waals surface area (Å²) in [6.45, 7) is 6.22. The summed E-state index contributed by atoms with van der Waals surface area (Å²) in [5.74, 6) is 0.837. The van der Waals surface area contributed by atoms with E-state index in [4.69, 9.17) is 10.5 Å². The SMILES string of the molecule is NCCc1ncn(CCN2CCOCC2)n1. The molecule has 0 radical (unpaired) electrons. The highest BCUT2D eigenvalue weighted by atomic mass is 16.5. The largest absolute Gasteiger partial charge is 0.379 e. The zero-order valence-electron chi connectivity index (χ0n) is 9.51. The van der Waals surface area contributed by atoms with E-state index >= 15 is 0 Å². The summed E-state index contributed by atoms with van der Waals surface area (Å²) in [4.78, 5) is 6.58. The van der Waals surface area contributed by atoms with E-state index in [0.717, 1.165) is 51.6 Å². The Morgan fingerprint density at radius 3 is 2.88 bits per heavy atom. The van der Waals surface area contributed by atoms with Gasteiger partial charge in [0.2, 0.25) is 0 Å². The number of rotatable bonds is 5. The molecule has 0 saturated carbocycles. The molecule has 1 aliphatic rings. The maximum Gasteiger partial charge on any atom is 0.151 e. The van der Waals surface area contributed by atoms with Gasteiger partial charge in [-0.1, -0.05) is 0 Å². The Bertz CT molecular complexity index is 308. The number of ether oxygens (including phenoxy) is 1. The van der Waals surface area contributed by atoms with E-state index in [1.54, 1.807) is 6.33 Å². The minimum absolute atomic E-state index is 0.605. The zero-order chi connectivity index (χ0) is 11.2. The van der Waals surface area contributed by atoms with Crippen molar-refractivity contribution in [1.82, 2.24) is 19.7 Å². The van der Waals surface area contributed by atoms with Crippen LogP contribution in [-0.2, 0) is 17.7 Å². The van der Waals surface area contributed by atoms with Crippen LogP contribution >= 0.6 is 0 Å². The van der Waals surface area contributed by atoms with E-state index in [1.165, 1.54) is 0 Å². The molecular formula is C10H19N5O. The minimum Gasteiger partial charge on any atom is -0.379 e. The lowest BCUT2D eigenvalue weighted by Crippen LogP contribution is -2.38. The molecule has 6 nitrogen and oxygen atoms in total. The van der Waals surface area contributed by atoms with Gasteiger partial charge in [0.25, 0.3) is 0 Å². The smallest absolute Gasteiger partial charge is 0.151 e. The van der Waals surface area contributed by atoms with Crippen LogP contribution < -0.4 is 5.73 Å². The van der Waals surface area contributed by atoms with Crippen molar-refractivity contribution in [2.45, 2.75) is 13.0 Å². The van der Waals surface area contributed by atoms with Crippen LogP contribution in [0.15, 0.2) is 6.33 Å². The van der Waals surface area contributed by atoms with Crippen molar-refractivity contribution in [2.75, 3.05) is 39.4 Å². The van der Waals surface area contributed by atoms with Gasteiger partial charge in [-0.3, -0.25) is 9.58 Å². The van der Waals surface area contributed by atoms with Gasteiger partial charge in [-0.25, -0.2) is 4.98 Å². The highest BCUT2D eigenvalue weighted by Crippen LogP contribution is 1.97. The van der Waals surface area contributed by atoms with Gasteiger partial charge in [-0.05, 0) is 6.54 Å². The predicted molar refractivity (Wildman–Crippen MR) is 60.0 cm³/mol. The Morgan fingerprint density at radius 2 is 2.12 bits per heavy atom. The minimum atomic E-state index is 0.605. The maximum absolute atomic E-state index is 5.45. The van der Waals surface area contributed by atoms with Crippen molar-refractivity contribution in [3.63, 3.8) is 0 Å². The summed E-state index contributed by atoms with van der Waals surface area (Å²) in [5, 5.41) is 4.35. The standard InChI is InChI=1S/C10H19N5O/c11-2-1-10-12-9-15(13-10)4-3-14-5-7-16-8-6-14/h9H,1-8,11H2. The second-order valence-electron chi connectivity index (χ2n) is 3.92. The van der Waals surface area contributed by atoms with Gasteiger partial charge in [0.05, 0.1) is 19.8 Å². The quantitative estimate of drug-likeness (QED) is 0.704. The molecule has 0 atom stereocenters. The maximum atomic E-state index is 5.45. The molecule has 1 aromatic heterocycles. The first-order valence-corrected chi connectivity index (χ1v) is 5.77. The molecule has 0 aliphatic carbocycles. The van der Waals surface area contributed by atoms with Gasteiger partial charge in [0, 0.05) is 26.1 Å². The molecule has 2 heterocycles. The summed E-state index contributed by atoms with van der Waals surface area (Å²) in [6.07, 6.45) is 2.54. The third-order valence-electron chi connectivity index (χ3n) is 2.70. The first-order chi connectivity index (χ1) is 7.88. The second-order valence-corrected chi connectivity index (χ2v) is 3.92. The van der Waals surface area contributed by atoms with Gasteiger partial charge in [-0.15, -0.1) is 0 Å². The zero-order valence-corrected chi connectivity index (χ0v) is 9.51. The average molecular weight is 225 g/mol. The van der Waals surface area contributed by atoms with E-state index in [-0.39, 0.29) is 0 Å². The van der Waals surface area contributed by atoms with E-state index in [9.17, 15) is 0 Å². The number of aromatic nitrogens is 3. The van der Waals surface area contributed by atoms with Gasteiger partial charge >= 0.3 is 0 Å². The van der Waals surface area contributed by atoms with Gasteiger partial charge in [-0.2, -0.15) is 5.10 Å². The molecule has 0 bridgehead atoms. The summed E-state index contributed by atoms with van der Waals surface area (Å²) in [5.41, 5.74) is 5.45. The third-order valence-corrected chi connectivity index (χ3v) is 2.70. The molecule has 1 fully saturated rings. The van der Waals surface area contributed by atoms with Crippen LogP contribution in [0.25, 0.3) is 0 Å². The second kappa shape index (κ2) is 5.93. The molecule has 2 N–H and O–H groups in total. The lowest BCUT2D eigenvalue weighted by atomic mass is 10.4. The highest BCUT2D eigenvalue weighted by Gasteiger charge is 2.10. The molecule has 16 heavy (non-hydrogen) atoms. The van der Waals surface area contributed by atoms with E-state index in [0.29, 0.717) is 6.54 Å². The molecule has 1 aromatic rings. The monoisotopic (exact) mass is 225 g/mol. The lowest BCUT2D eigenvalue weighted by Gasteiger charge is -2.26. The van der Waals surface area contributed by atoms with E-state index < -0.39 is 0 Å². The normalized spacial score (nSPS) is 17.8. The molecule has 1 saturated heterocycles. The summed E-state index contributed by atoms with van der Waals surface area (Å²) < 4.78 is 7.19. The molecule has 1 aliphatic heterocycles. The number of nitrogens with two attached hydrogens (primary N) is 1. The Kier molecular flexibility index (Phi) is 4.26. The summed E-state index contributed by atoms with van der Waals surface area (Å²) >= 11 is 0. The van der Waals surface area contributed by atoms with Crippen molar-refractivity contribution in [1.29, 1.82) is 0 Å². The van der Waals surface area contributed by atoms with Crippen molar-refractivity contribution in [3.05, 3.63) is 12.2 Å². The van der Waals surface area contributed by atoms with Crippen LogP contribution in [0.5, 0.6) is 0 Å². The molecule has 90 valence electrons. The first kappa shape index (κ1) is 11.5. The van der Waals surface area contributed by atoms with Gasteiger partial charge in [0.1, 0.15) is 6.33 Å². The summed E-state index contributed by atoms with van der Waals surface area (Å²) in [6, 6.07) is 0. The molecule has 0 amide bonds. The van der Waals surface area contributed by atoms with Crippen LogP contribution in [0, 0.1) is 0 Å². The Balaban J connectivity index is 1.75. The molecule has 2 rings (SSSR count). The van der Waals surface area contributed by atoms with E-state index in [1.807, 2.05) is 4.68 Å². The third kappa shape index (κ3) is 3.26. The Morgan fingerprint density at radius 1 is 1.31 bits per heavy atom. The fraction of sp³-hybridized carbons (Fsp3) is 0.800. The van der Waals surface area contributed by atoms with Crippen LogP contribution in [0.4, 0.5) is 0 Å². The van der Waals surface area contributed by atoms with Gasteiger partial charge in [0.15, 0.2) is 5.82 Å².